The van der Waals surface area contributed by atoms with E-state index in [1.165, 1.54) is 12.3 Å². The first-order valence-corrected chi connectivity index (χ1v) is 5.96. The Bertz CT molecular complexity index is 538. The molecule has 1 aliphatic rings. The van der Waals surface area contributed by atoms with Gasteiger partial charge in [0, 0.05) is 18.9 Å². The third-order valence-electron chi connectivity index (χ3n) is 2.98. The van der Waals surface area contributed by atoms with Crippen LogP contribution in [0.4, 0.5) is 0 Å². The fourth-order valence-corrected chi connectivity index (χ4v) is 2.09. The van der Waals surface area contributed by atoms with Crippen LogP contribution in [0.2, 0.25) is 0 Å². The van der Waals surface area contributed by atoms with Gasteiger partial charge in [-0.3, -0.25) is 14.3 Å². The van der Waals surface area contributed by atoms with Gasteiger partial charge in [-0.15, -0.1) is 0 Å². The van der Waals surface area contributed by atoms with Crippen molar-refractivity contribution in [3.05, 3.63) is 33.1 Å². The Kier molecular flexibility index (Phi) is 4.15. The van der Waals surface area contributed by atoms with Gasteiger partial charge < -0.3 is 19.7 Å². The predicted molar refractivity (Wildman–Crippen MR) is 63.7 cm³/mol. The van der Waals surface area contributed by atoms with E-state index in [4.69, 9.17) is 14.6 Å². The Morgan fingerprint density at radius 3 is 2.84 bits per heavy atom. The van der Waals surface area contributed by atoms with Crippen LogP contribution < -0.4 is 11.2 Å². The lowest BCUT2D eigenvalue weighted by Crippen LogP contribution is -2.39. The number of H-pyrrole nitrogens is 1. The molecule has 1 aromatic heterocycles. The molecule has 0 aliphatic carbocycles. The van der Waals surface area contributed by atoms with E-state index in [1.807, 2.05) is 0 Å². The van der Waals surface area contributed by atoms with E-state index in [1.54, 1.807) is 6.92 Å². The fourth-order valence-electron chi connectivity index (χ4n) is 2.09. The van der Waals surface area contributed by atoms with Gasteiger partial charge in [-0.25, -0.2) is 4.79 Å². The van der Waals surface area contributed by atoms with Gasteiger partial charge in [-0.05, 0) is 6.92 Å². The number of nitrogens with zero attached hydrogens (tertiary/aromatic N) is 1. The molecule has 0 saturated carbocycles. The van der Waals surface area contributed by atoms with Gasteiger partial charge in [0.1, 0.15) is 18.3 Å². The number of aromatic amines is 1. The molecule has 0 bridgehead atoms. The van der Waals surface area contributed by atoms with Crippen molar-refractivity contribution in [2.24, 2.45) is 0 Å². The minimum absolute atomic E-state index is 0.317. The third-order valence-corrected chi connectivity index (χ3v) is 2.98. The van der Waals surface area contributed by atoms with E-state index in [2.05, 4.69) is 4.98 Å². The van der Waals surface area contributed by atoms with Gasteiger partial charge in [-0.1, -0.05) is 0 Å². The number of aromatic nitrogens is 2. The minimum Gasteiger partial charge on any atom is -0.394 e. The summed E-state index contributed by atoms with van der Waals surface area (Å²) in [4.78, 5) is 24.8. The van der Waals surface area contributed by atoms with Gasteiger partial charge in [0.15, 0.2) is 6.23 Å². The van der Waals surface area contributed by atoms with Crippen molar-refractivity contribution < 1.29 is 19.7 Å². The van der Waals surface area contributed by atoms with E-state index in [0.717, 1.165) is 4.57 Å². The average Bonchev–Trinajstić information content (AvgIpc) is 2.68. The first-order valence-electron chi connectivity index (χ1n) is 5.96. The maximum absolute atomic E-state index is 11.7. The van der Waals surface area contributed by atoms with Crippen LogP contribution in [0.5, 0.6) is 0 Å². The van der Waals surface area contributed by atoms with Crippen LogP contribution in [0.15, 0.2) is 21.9 Å². The van der Waals surface area contributed by atoms with E-state index < -0.39 is 35.8 Å². The molecule has 0 spiro atoms. The number of hydrogen-bond acceptors (Lipinski definition) is 6. The first-order chi connectivity index (χ1) is 9.08. The average molecular weight is 272 g/mol. The maximum atomic E-state index is 11.7. The number of aliphatic hydroxyl groups excluding tert-OH is 2. The predicted octanol–water partition coefficient (Wildman–Crippen LogP) is -1.81. The van der Waals surface area contributed by atoms with Gasteiger partial charge in [0.05, 0.1) is 6.61 Å². The largest absolute Gasteiger partial charge is 0.394 e. The zero-order valence-corrected chi connectivity index (χ0v) is 10.4. The number of hydrogen-bond donors (Lipinski definition) is 3. The zero-order chi connectivity index (χ0) is 14.0. The second kappa shape index (κ2) is 5.66. The lowest BCUT2D eigenvalue weighted by Gasteiger charge is -2.21. The van der Waals surface area contributed by atoms with E-state index >= 15 is 0 Å². The summed E-state index contributed by atoms with van der Waals surface area (Å²) in [7, 11) is 0. The molecule has 1 saturated heterocycles. The highest BCUT2D eigenvalue weighted by Crippen LogP contribution is 2.30. The van der Waals surface area contributed by atoms with Crippen molar-refractivity contribution in [2.45, 2.75) is 31.5 Å². The summed E-state index contributed by atoms with van der Waals surface area (Å²) in [6, 6.07) is 1.17. The molecule has 0 amide bonds. The molecule has 8 heteroatoms. The summed E-state index contributed by atoms with van der Waals surface area (Å²) in [5.41, 5.74) is -1.18. The van der Waals surface area contributed by atoms with Gasteiger partial charge in [-0.2, -0.15) is 0 Å². The van der Waals surface area contributed by atoms with Crippen molar-refractivity contribution in [2.75, 3.05) is 13.2 Å². The summed E-state index contributed by atoms with van der Waals surface area (Å²) < 4.78 is 11.9. The number of aliphatic hydroxyl groups is 2. The van der Waals surface area contributed by atoms with Crippen LogP contribution in [0.3, 0.4) is 0 Å². The Morgan fingerprint density at radius 1 is 1.53 bits per heavy atom. The number of rotatable bonds is 4. The highest BCUT2D eigenvalue weighted by atomic mass is 16.6. The molecule has 1 aliphatic heterocycles. The second-order valence-electron chi connectivity index (χ2n) is 4.18. The van der Waals surface area contributed by atoms with Crippen LogP contribution in [0, 0.1) is 0 Å². The summed E-state index contributed by atoms with van der Waals surface area (Å²) in [5.74, 6) is 0. The smallest absolute Gasteiger partial charge is 0.330 e. The Labute approximate surface area is 108 Å². The quantitative estimate of drug-likeness (QED) is 0.595. The van der Waals surface area contributed by atoms with Crippen molar-refractivity contribution in [1.29, 1.82) is 0 Å². The van der Waals surface area contributed by atoms with Crippen LogP contribution in [-0.4, -0.2) is 51.3 Å². The van der Waals surface area contributed by atoms with Gasteiger partial charge in [0.2, 0.25) is 0 Å². The molecule has 3 N–H and O–H groups in total. The van der Waals surface area contributed by atoms with E-state index in [-0.39, 0.29) is 6.61 Å². The normalized spacial score (nSPS) is 30.7. The fraction of sp³-hybridized carbons (Fsp3) is 0.636. The summed E-state index contributed by atoms with van der Waals surface area (Å²) >= 11 is 0. The highest BCUT2D eigenvalue weighted by molar-refractivity contribution is 4.93. The van der Waals surface area contributed by atoms with Crippen LogP contribution in [0.1, 0.15) is 13.2 Å². The molecule has 0 radical (unpaired) electrons. The molecular formula is C11H16N2O6. The van der Waals surface area contributed by atoms with Crippen molar-refractivity contribution in [1.82, 2.24) is 9.55 Å². The second-order valence-corrected chi connectivity index (χ2v) is 4.18. The van der Waals surface area contributed by atoms with Crippen LogP contribution >= 0.6 is 0 Å². The van der Waals surface area contributed by atoms with Crippen molar-refractivity contribution >= 4 is 0 Å². The molecule has 4 atom stereocenters. The monoisotopic (exact) mass is 272 g/mol. The molecule has 2 heterocycles. The Morgan fingerprint density at radius 2 is 2.26 bits per heavy atom. The summed E-state index contributed by atoms with van der Waals surface area (Å²) in [6.45, 7) is 1.67. The molecule has 8 nitrogen and oxygen atoms in total. The summed E-state index contributed by atoms with van der Waals surface area (Å²) in [6.07, 6.45) is -2.29. The van der Waals surface area contributed by atoms with E-state index in [9.17, 15) is 14.7 Å². The molecule has 1 fully saturated rings. The molecule has 1 aromatic rings. The Hall–Kier alpha value is -1.48. The molecule has 106 valence electrons. The SMILES string of the molecule is CCOC1C(O)C(CO)OC1n1ccc(=O)[nH]c1=O. The third kappa shape index (κ3) is 2.61. The number of nitrogens with one attached hydrogen (secondary N) is 1. The molecule has 0 aromatic carbocycles. The lowest BCUT2D eigenvalue weighted by molar-refractivity contribution is -0.0717. The van der Waals surface area contributed by atoms with Gasteiger partial charge in [0.25, 0.3) is 5.56 Å². The Balaban J connectivity index is 2.36. The minimum atomic E-state index is -1.05. The van der Waals surface area contributed by atoms with Crippen LogP contribution in [0.25, 0.3) is 0 Å². The van der Waals surface area contributed by atoms with Crippen molar-refractivity contribution in [3.8, 4) is 0 Å². The van der Waals surface area contributed by atoms with Gasteiger partial charge >= 0.3 is 5.69 Å². The number of ether oxygens (including phenoxy) is 2. The highest BCUT2D eigenvalue weighted by Gasteiger charge is 2.45. The molecule has 2 rings (SSSR count). The lowest BCUT2D eigenvalue weighted by atomic mass is 10.1. The summed E-state index contributed by atoms with van der Waals surface area (Å²) in [5, 5.41) is 19.1. The first kappa shape index (κ1) is 13.9. The van der Waals surface area contributed by atoms with Crippen LogP contribution in [-0.2, 0) is 9.47 Å². The molecule has 19 heavy (non-hydrogen) atoms. The maximum Gasteiger partial charge on any atom is 0.330 e. The van der Waals surface area contributed by atoms with E-state index in [0.29, 0.717) is 6.61 Å². The topological polar surface area (TPSA) is 114 Å². The van der Waals surface area contributed by atoms with Crippen molar-refractivity contribution in [3.63, 3.8) is 0 Å². The molecule has 4 unspecified atom stereocenters. The standard InChI is InChI=1S/C11H16N2O6/c1-2-18-9-8(16)6(5-14)19-10(9)13-4-3-7(15)12-11(13)17/h3-4,6,8-10,14,16H,2,5H2,1H3,(H,12,15,17). The molecular weight excluding hydrogens is 256 g/mol. The zero-order valence-electron chi connectivity index (χ0n) is 10.4.